The molecule has 0 unspecified atom stereocenters. The summed E-state index contributed by atoms with van der Waals surface area (Å²) in [6.45, 7) is 2.33. The molecule has 1 fully saturated rings. The molecule has 0 aromatic heterocycles. The highest BCUT2D eigenvalue weighted by atomic mass is 19.1. The van der Waals surface area contributed by atoms with Gasteiger partial charge in [-0.25, -0.2) is 4.39 Å². The molecule has 0 saturated heterocycles. The van der Waals surface area contributed by atoms with Crippen LogP contribution >= 0.6 is 0 Å². The number of halogens is 1. The Morgan fingerprint density at radius 1 is 1.42 bits per heavy atom. The molecule has 1 aromatic rings. The standard InChI is InChI=1S/C15H20FNO2/c1-11-4-5-12(16)8-13(11)14(19)17-9-15(10-18)6-2-3-7-15/h4-5,8,18H,2-3,6-7,9-10H2,1H3,(H,17,19). The quantitative estimate of drug-likeness (QED) is 0.878. The first-order valence-electron chi connectivity index (χ1n) is 6.72. The van der Waals surface area contributed by atoms with E-state index in [9.17, 15) is 14.3 Å². The zero-order chi connectivity index (χ0) is 13.9. The molecule has 2 N–H and O–H groups in total. The highest BCUT2D eigenvalue weighted by molar-refractivity contribution is 5.95. The van der Waals surface area contributed by atoms with Gasteiger partial charge in [0.25, 0.3) is 5.91 Å². The number of hydrogen-bond acceptors (Lipinski definition) is 2. The van der Waals surface area contributed by atoms with E-state index in [1.54, 1.807) is 13.0 Å². The Hall–Kier alpha value is -1.42. The monoisotopic (exact) mass is 265 g/mol. The van der Waals surface area contributed by atoms with Gasteiger partial charge in [0.05, 0.1) is 6.61 Å². The van der Waals surface area contributed by atoms with Crippen LogP contribution < -0.4 is 5.32 Å². The number of amides is 1. The summed E-state index contributed by atoms with van der Waals surface area (Å²) in [5.41, 5.74) is 0.936. The maximum Gasteiger partial charge on any atom is 0.251 e. The molecule has 1 aliphatic rings. The van der Waals surface area contributed by atoms with Crippen molar-refractivity contribution in [2.75, 3.05) is 13.2 Å². The van der Waals surface area contributed by atoms with Gasteiger partial charge >= 0.3 is 0 Å². The Bertz CT molecular complexity index is 467. The van der Waals surface area contributed by atoms with Crippen molar-refractivity contribution in [1.82, 2.24) is 5.32 Å². The Morgan fingerprint density at radius 2 is 2.11 bits per heavy atom. The van der Waals surface area contributed by atoms with Crippen molar-refractivity contribution in [1.29, 1.82) is 0 Å². The van der Waals surface area contributed by atoms with Crippen LogP contribution in [-0.4, -0.2) is 24.2 Å². The first kappa shape index (κ1) is 14.0. The molecular weight excluding hydrogens is 245 g/mol. The summed E-state index contributed by atoms with van der Waals surface area (Å²) >= 11 is 0. The van der Waals surface area contributed by atoms with Gasteiger partial charge < -0.3 is 10.4 Å². The zero-order valence-corrected chi connectivity index (χ0v) is 11.2. The topological polar surface area (TPSA) is 49.3 Å². The summed E-state index contributed by atoms with van der Waals surface area (Å²) in [6, 6.07) is 4.20. The van der Waals surface area contributed by atoms with Gasteiger partial charge in [-0.3, -0.25) is 4.79 Å². The molecule has 1 saturated carbocycles. The molecule has 0 heterocycles. The first-order chi connectivity index (χ1) is 9.06. The third kappa shape index (κ3) is 3.13. The normalized spacial score (nSPS) is 17.4. The molecule has 1 aliphatic carbocycles. The van der Waals surface area contributed by atoms with Gasteiger partial charge in [-0.1, -0.05) is 18.9 Å². The summed E-state index contributed by atoms with van der Waals surface area (Å²) in [5, 5.41) is 12.3. The van der Waals surface area contributed by atoms with Crippen LogP contribution in [0.2, 0.25) is 0 Å². The molecule has 0 spiro atoms. The van der Waals surface area contributed by atoms with Crippen LogP contribution in [0, 0.1) is 18.2 Å². The second-order valence-electron chi connectivity index (χ2n) is 5.51. The van der Waals surface area contributed by atoms with Gasteiger partial charge in [0.2, 0.25) is 0 Å². The number of carbonyl (C=O) groups excluding carboxylic acids is 1. The fraction of sp³-hybridized carbons (Fsp3) is 0.533. The predicted molar refractivity (Wildman–Crippen MR) is 71.5 cm³/mol. The number of carbonyl (C=O) groups is 1. The molecule has 1 amide bonds. The van der Waals surface area contributed by atoms with Crippen molar-refractivity contribution in [2.45, 2.75) is 32.6 Å². The SMILES string of the molecule is Cc1ccc(F)cc1C(=O)NCC1(CO)CCCC1. The van der Waals surface area contributed by atoms with Crippen molar-refractivity contribution in [3.63, 3.8) is 0 Å². The van der Waals surface area contributed by atoms with Gasteiger partial charge in [0.1, 0.15) is 5.82 Å². The summed E-state index contributed by atoms with van der Waals surface area (Å²) in [6.07, 6.45) is 4.06. The smallest absolute Gasteiger partial charge is 0.251 e. The average Bonchev–Trinajstić information content (AvgIpc) is 2.88. The number of aliphatic hydroxyl groups is 1. The van der Waals surface area contributed by atoms with Crippen molar-refractivity contribution in [2.24, 2.45) is 5.41 Å². The lowest BCUT2D eigenvalue weighted by atomic mass is 9.87. The van der Waals surface area contributed by atoms with Gasteiger partial charge in [-0.15, -0.1) is 0 Å². The van der Waals surface area contributed by atoms with Crippen molar-refractivity contribution < 1.29 is 14.3 Å². The van der Waals surface area contributed by atoms with Crippen molar-refractivity contribution >= 4 is 5.91 Å². The summed E-state index contributed by atoms with van der Waals surface area (Å²) in [7, 11) is 0. The average molecular weight is 265 g/mol. The number of aryl methyl sites for hydroxylation is 1. The molecule has 0 bridgehead atoms. The molecule has 4 heteroatoms. The highest BCUT2D eigenvalue weighted by Crippen LogP contribution is 2.36. The molecule has 0 radical (unpaired) electrons. The highest BCUT2D eigenvalue weighted by Gasteiger charge is 2.33. The minimum atomic E-state index is -0.409. The van der Waals surface area contributed by atoms with E-state index in [-0.39, 0.29) is 17.9 Å². The summed E-state index contributed by atoms with van der Waals surface area (Å²) in [5.74, 6) is -0.676. The van der Waals surface area contributed by atoms with E-state index < -0.39 is 5.82 Å². The fourth-order valence-electron chi connectivity index (χ4n) is 2.72. The molecular formula is C15H20FNO2. The van der Waals surface area contributed by atoms with Crippen LogP contribution in [-0.2, 0) is 0 Å². The Morgan fingerprint density at radius 3 is 2.74 bits per heavy atom. The molecule has 3 nitrogen and oxygen atoms in total. The number of rotatable bonds is 4. The van der Waals surface area contributed by atoms with E-state index in [1.165, 1.54) is 12.1 Å². The van der Waals surface area contributed by atoms with Crippen LogP contribution in [0.3, 0.4) is 0 Å². The third-order valence-electron chi connectivity index (χ3n) is 4.07. The van der Waals surface area contributed by atoms with Crippen LogP contribution in [0.25, 0.3) is 0 Å². The second-order valence-corrected chi connectivity index (χ2v) is 5.51. The Labute approximate surface area is 112 Å². The predicted octanol–water partition coefficient (Wildman–Crippen LogP) is 2.42. The first-order valence-corrected chi connectivity index (χ1v) is 6.72. The Kier molecular flexibility index (Phi) is 4.20. The van der Waals surface area contributed by atoms with E-state index in [0.29, 0.717) is 12.1 Å². The molecule has 0 aliphatic heterocycles. The lowest BCUT2D eigenvalue weighted by molar-refractivity contribution is 0.0879. The van der Waals surface area contributed by atoms with Gasteiger partial charge in [0.15, 0.2) is 0 Å². The largest absolute Gasteiger partial charge is 0.396 e. The zero-order valence-electron chi connectivity index (χ0n) is 11.2. The Balaban J connectivity index is 2.03. The molecule has 104 valence electrons. The lowest BCUT2D eigenvalue weighted by Gasteiger charge is -2.26. The van der Waals surface area contributed by atoms with Crippen LogP contribution in [0.1, 0.15) is 41.6 Å². The van der Waals surface area contributed by atoms with Crippen LogP contribution in [0.4, 0.5) is 4.39 Å². The van der Waals surface area contributed by atoms with Crippen LogP contribution in [0.5, 0.6) is 0 Å². The van der Waals surface area contributed by atoms with Crippen molar-refractivity contribution in [3.8, 4) is 0 Å². The number of nitrogens with one attached hydrogen (secondary N) is 1. The van der Waals surface area contributed by atoms with Gasteiger partial charge in [-0.2, -0.15) is 0 Å². The number of benzene rings is 1. The molecule has 2 rings (SSSR count). The summed E-state index contributed by atoms with van der Waals surface area (Å²) < 4.78 is 13.2. The van der Waals surface area contributed by atoms with Crippen LogP contribution in [0.15, 0.2) is 18.2 Å². The number of aliphatic hydroxyl groups excluding tert-OH is 1. The minimum absolute atomic E-state index is 0.0927. The number of hydrogen-bond donors (Lipinski definition) is 2. The second kappa shape index (κ2) is 5.70. The van der Waals surface area contributed by atoms with Gasteiger partial charge in [-0.05, 0) is 37.5 Å². The minimum Gasteiger partial charge on any atom is -0.396 e. The van der Waals surface area contributed by atoms with E-state index in [4.69, 9.17) is 0 Å². The fourth-order valence-corrected chi connectivity index (χ4v) is 2.72. The maximum atomic E-state index is 13.2. The third-order valence-corrected chi connectivity index (χ3v) is 4.07. The molecule has 19 heavy (non-hydrogen) atoms. The van der Waals surface area contributed by atoms with Crippen molar-refractivity contribution in [3.05, 3.63) is 35.1 Å². The maximum absolute atomic E-state index is 13.2. The van der Waals surface area contributed by atoms with E-state index in [0.717, 1.165) is 31.2 Å². The van der Waals surface area contributed by atoms with E-state index in [2.05, 4.69) is 5.32 Å². The summed E-state index contributed by atoms with van der Waals surface area (Å²) in [4.78, 5) is 12.1. The molecule has 1 aromatic carbocycles. The molecule has 0 atom stereocenters. The van der Waals surface area contributed by atoms with E-state index >= 15 is 0 Å². The lowest BCUT2D eigenvalue weighted by Crippen LogP contribution is -2.38. The van der Waals surface area contributed by atoms with E-state index in [1.807, 2.05) is 0 Å². The van der Waals surface area contributed by atoms with Gasteiger partial charge in [0, 0.05) is 17.5 Å².